The maximum Gasteiger partial charge on any atom is 0.267 e. The number of pyridine rings is 1. The quantitative estimate of drug-likeness (QED) is 0.931. The lowest BCUT2D eigenvalue weighted by molar-refractivity contribution is 0.594. The van der Waals surface area contributed by atoms with Gasteiger partial charge in [-0.25, -0.2) is 8.42 Å². The van der Waals surface area contributed by atoms with Crippen LogP contribution >= 0.6 is 0 Å². The molecule has 0 atom stereocenters. The Morgan fingerprint density at radius 3 is 2.67 bits per heavy atom. The van der Waals surface area contributed by atoms with Gasteiger partial charge in [-0.05, 0) is 18.2 Å². The molecule has 7 heteroatoms. The first-order valence-electron chi connectivity index (χ1n) is 6.12. The van der Waals surface area contributed by atoms with Gasteiger partial charge in [0.05, 0.1) is 16.9 Å². The van der Waals surface area contributed by atoms with Gasteiger partial charge >= 0.3 is 0 Å². The Bertz CT molecular complexity index is 797. The van der Waals surface area contributed by atoms with Crippen LogP contribution in [0.5, 0.6) is 0 Å². The molecule has 1 N–H and O–H groups in total. The largest absolute Gasteiger partial charge is 0.387 e. The average molecular weight is 302 g/mol. The number of rotatable bonds is 4. The summed E-state index contributed by atoms with van der Waals surface area (Å²) in [6.45, 7) is 0. The lowest BCUT2D eigenvalue weighted by atomic mass is 10.2. The van der Waals surface area contributed by atoms with Crippen LogP contribution in [0.25, 0.3) is 0 Å². The second kappa shape index (κ2) is 5.81. The van der Waals surface area contributed by atoms with Crippen molar-refractivity contribution >= 4 is 21.4 Å². The number of nitriles is 1. The Balaban J connectivity index is 2.56. The minimum absolute atomic E-state index is 0.0581. The van der Waals surface area contributed by atoms with Gasteiger partial charge in [-0.15, -0.1) is 0 Å². The molecule has 6 nitrogen and oxygen atoms in total. The van der Waals surface area contributed by atoms with Crippen LogP contribution in [-0.4, -0.2) is 27.5 Å². The van der Waals surface area contributed by atoms with Gasteiger partial charge in [-0.3, -0.25) is 9.29 Å². The van der Waals surface area contributed by atoms with E-state index in [4.69, 9.17) is 5.26 Å². The minimum atomic E-state index is -3.81. The van der Waals surface area contributed by atoms with Crippen molar-refractivity contribution in [2.45, 2.75) is 4.90 Å². The smallest absolute Gasteiger partial charge is 0.267 e. The van der Waals surface area contributed by atoms with E-state index in [1.165, 1.54) is 19.4 Å². The van der Waals surface area contributed by atoms with Gasteiger partial charge in [-0.2, -0.15) is 5.26 Å². The Morgan fingerprint density at radius 1 is 1.29 bits per heavy atom. The molecule has 0 radical (unpaired) electrons. The SMILES string of the molecule is CNc1ccncc1S(=O)(=O)N(C)c1ccccc1C#N. The summed E-state index contributed by atoms with van der Waals surface area (Å²) < 4.78 is 26.5. The Labute approximate surface area is 123 Å². The van der Waals surface area contributed by atoms with Crippen LogP contribution in [0.3, 0.4) is 0 Å². The summed E-state index contributed by atoms with van der Waals surface area (Å²) in [4.78, 5) is 3.93. The van der Waals surface area contributed by atoms with Crippen molar-refractivity contribution in [1.29, 1.82) is 5.26 Å². The zero-order valence-corrected chi connectivity index (χ0v) is 12.4. The molecule has 0 aliphatic rings. The fourth-order valence-corrected chi connectivity index (χ4v) is 3.27. The van der Waals surface area contributed by atoms with E-state index in [1.807, 2.05) is 6.07 Å². The summed E-state index contributed by atoms with van der Waals surface area (Å²) in [7, 11) is -0.759. The van der Waals surface area contributed by atoms with Crippen LogP contribution in [0.2, 0.25) is 0 Å². The monoisotopic (exact) mass is 302 g/mol. The van der Waals surface area contributed by atoms with Crippen LogP contribution in [-0.2, 0) is 10.0 Å². The topological polar surface area (TPSA) is 86.1 Å². The molecule has 0 aliphatic carbocycles. The van der Waals surface area contributed by atoms with E-state index in [1.54, 1.807) is 37.4 Å². The maximum absolute atomic E-state index is 12.7. The molecule has 0 spiro atoms. The number of hydrogen-bond acceptors (Lipinski definition) is 5. The number of nitrogens with zero attached hydrogens (tertiary/aromatic N) is 3. The van der Waals surface area contributed by atoms with E-state index >= 15 is 0 Å². The number of anilines is 2. The highest BCUT2D eigenvalue weighted by molar-refractivity contribution is 7.93. The van der Waals surface area contributed by atoms with Crippen molar-refractivity contribution in [1.82, 2.24) is 4.98 Å². The standard InChI is InChI=1S/C14H14N4O2S/c1-16-12-7-8-17-10-14(12)21(19,20)18(2)13-6-4-3-5-11(13)9-15/h3-8,10H,1-2H3,(H,16,17). The second-order valence-electron chi connectivity index (χ2n) is 4.22. The number of hydrogen-bond donors (Lipinski definition) is 1. The first-order chi connectivity index (χ1) is 10.0. The van der Waals surface area contributed by atoms with Gasteiger partial charge < -0.3 is 5.32 Å². The van der Waals surface area contributed by atoms with E-state index < -0.39 is 10.0 Å². The van der Waals surface area contributed by atoms with E-state index in [-0.39, 0.29) is 4.90 Å². The van der Waals surface area contributed by atoms with Gasteiger partial charge in [0.2, 0.25) is 0 Å². The predicted molar refractivity (Wildman–Crippen MR) is 80.5 cm³/mol. The number of benzene rings is 1. The highest BCUT2D eigenvalue weighted by Crippen LogP contribution is 2.28. The zero-order valence-electron chi connectivity index (χ0n) is 11.6. The fourth-order valence-electron chi connectivity index (χ4n) is 1.91. The summed E-state index contributed by atoms with van der Waals surface area (Å²) in [5.41, 5.74) is 1.07. The van der Waals surface area contributed by atoms with Crippen LogP contribution in [0, 0.1) is 11.3 Å². The molecule has 0 unspecified atom stereocenters. The summed E-state index contributed by atoms with van der Waals surface area (Å²) in [5, 5.41) is 11.9. The minimum Gasteiger partial charge on any atom is -0.387 e. The normalized spacial score (nSPS) is 10.7. The Morgan fingerprint density at radius 2 is 2.00 bits per heavy atom. The molecule has 108 valence electrons. The molecular weight excluding hydrogens is 288 g/mol. The van der Waals surface area contributed by atoms with Crippen molar-refractivity contribution in [3.63, 3.8) is 0 Å². The third kappa shape index (κ3) is 2.66. The Hall–Kier alpha value is -2.59. The third-order valence-corrected chi connectivity index (χ3v) is 4.85. The molecule has 0 saturated heterocycles. The number of nitrogens with one attached hydrogen (secondary N) is 1. The molecule has 2 aromatic rings. The van der Waals surface area contributed by atoms with Crippen molar-refractivity contribution in [3.05, 3.63) is 48.3 Å². The van der Waals surface area contributed by atoms with E-state index in [0.717, 1.165) is 4.31 Å². The van der Waals surface area contributed by atoms with Gasteiger partial charge in [0.25, 0.3) is 10.0 Å². The Kier molecular flexibility index (Phi) is 4.10. The number of sulfonamides is 1. The summed E-state index contributed by atoms with van der Waals surface area (Å²) >= 11 is 0. The molecule has 0 saturated carbocycles. The summed E-state index contributed by atoms with van der Waals surface area (Å²) in [6.07, 6.45) is 2.79. The molecule has 1 heterocycles. The maximum atomic E-state index is 12.7. The van der Waals surface area contributed by atoms with Gasteiger partial charge in [-0.1, -0.05) is 12.1 Å². The van der Waals surface area contributed by atoms with Gasteiger partial charge in [0.1, 0.15) is 11.0 Å². The molecular formula is C14H14N4O2S. The van der Waals surface area contributed by atoms with Crippen LogP contribution in [0.4, 0.5) is 11.4 Å². The van der Waals surface area contributed by atoms with Crippen LogP contribution in [0.15, 0.2) is 47.6 Å². The van der Waals surface area contributed by atoms with Crippen molar-refractivity contribution in [2.75, 3.05) is 23.7 Å². The highest BCUT2D eigenvalue weighted by atomic mass is 32.2. The predicted octanol–water partition coefficient (Wildman–Crippen LogP) is 1.82. The highest BCUT2D eigenvalue weighted by Gasteiger charge is 2.25. The molecule has 0 bridgehead atoms. The van der Waals surface area contributed by atoms with Crippen molar-refractivity contribution < 1.29 is 8.42 Å². The second-order valence-corrected chi connectivity index (χ2v) is 6.16. The van der Waals surface area contributed by atoms with Crippen LogP contribution in [0.1, 0.15) is 5.56 Å². The van der Waals surface area contributed by atoms with Gasteiger partial charge in [0.15, 0.2) is 0 Å². The lowest BCUT2D eigenvalue weighted by Crippen LogP contribution is -2.28. The molecule has 2 rings (SSSR count). The first kappa shape index (κ1) is 14.8. The molecule has 0 aliphatic heterocycles. The summed E-state index contributed by atoms with van der Waals surface area (Å²) in [6, 6.07) is 10.1. The van der Waals surface area contributed by atoms with E-state index in [9.17, 15) is 8.42 Å². The number of para-hydroxylation sites is 1. The first-order valence-corrected chi connectivity index (χ1v) is 7.56. The molecule has 0 fully saturated rings. The fraction of sp³-hybridized carbons (Fsp3) is 0.143. The van der Waals surface area contributed by atoms with Crippen LogP contribution < -0.4 is 9.62 Å². The number of aromatic nitrogens is 1. The average Bonchev–Trinajstić information content (AvgIpc) is 2.53. The molecule has 1 aromatic heterocycles. The van der Waals surface area contributed by atoms with Crippen molar-refractivity contribution in [3.8, 4) is 6.07 Å². The molecule has 21 heavy (non-hydrogen) atoms. The van der Waals surface area contributed by atoms with Crippen molar-refractivity contribution in [2.24, 2.45) is 0 Å². The van der Waals surface area contributed by atoms with E-state index in [0.29, 0.717) is 16.9 Å². The lowest BCUT2D eigenvalue weighted by Gasteiger charge is -2.21. The third-order valence-electron chi connectivity index (χ3n) is 3.06. The summed E-state index contributed by atoms with van der Waals surface area (Å²) in [5.74, 6) is 0. The van der Waals surface area contributed by atoms with Gasteiger partial charge in [0, 0.05) is 26.5 Å². The molecule has 1 aromatic carbocycles. The van der Waals surface area contributed by atoms with E-state index in [2.05, 4.69) is 10.3 Å². The molecule has 0 amide bonds. The zero-order chi connectivity index (χ0) is 15.5.